The first-order chi connectivity index (χ1) is 9.54. The van der Waals surface area contributed by atoms with Gasteiger partial charge in [0.05, 0.1) is 0 Å². The van der Waals surface area contributed by atoms with Crippen molar-refractivity contribution in [3.63, 3.8) is 0 Å². The van der Waals surface area contributed by atoms with E-state index in [4.69, 9.17) is 0 Å². The molecule has 0 radical (unpaired) electrons. The van der Waals surface area contributed by atoms with E-state index in [1.165, 1.54) is 6.20 Å². The SMILES string of the molecule is CCCN(C)C[C@@H]1CCN(S(=O)(=O)c2cccnc2)C1. The fourth-order valence-corrected chi connectivity index (χ4v) is 4.22. The van der Waals surface area contributed by atoms with Gasteiger partial charge in [-0.2, -0.15) is 4.31 Å². The lowest BCUT2D eigenvalue weighted by molar-refractivity contribution is 0.281. The van der Waals surface area contributed by atoms with E-state index in [2.05, 4.69) is 23.9 Å². The monoisotopic (exact) mass is 297 g/mol. The Hall–Kier alpha value is -0.980. The molecule has 1 atom stereocenters. The molecular formula is C14H23N3O2S. The second kappa shape index (κ2) is 6.65. The van der Waals surface area contributed by atoms with Gasteiger partial charge in [-0.25, -0.2) is 8.42 Å². The molecule has 1 aromatic heterocycles. The number of aromatic nitrogens is 1. The summed E-state index contributed by atoms with van der Waals surface area (Å²) >= 11 is 0. The van der Waals surface area contributed by atoms with Gasteiger partial charge in [-0.3, -0.25) is 4.98 Å². The highest BCUT2D eigenvalue weighted by atomic mass is 32.2. The number of sulfonamides is 1. The molecule has 0 aliphatic carbocycles. The van der Waals surface area contributed by atoms with E-state index in [0.29, 0.717) is 23.9 Å². The van der Waals surface area contributed by atoms with Crippen LogP contribution in [0.5, 0.6) is 0 Å². The fraction of sp³-hybridized carbons (Fsp3) is 0.643. The molecule has 5 nitrogen and oxygen atoms in total. The van der Waals surface area contributed by atoms with E-state index in [9.17, 15) is 8.42 Å². The molecule has 2 heterocycles. The topological polar surface area (TPSA) is 53.5 Å². The second-order valence-corrected chi connectivity index (χ2v) is 7.41. The summed E-state index contributed by atoms with van der Waals surface area (Å²) in [4.78, 5) is 6.48. The van der Waals surface area contributed by atoms with Crippen molar-refractivity contribution < 1.29 is 8.42 Å². The molecule has 0 N–H and O–H groups in total. The first-order valence-electron chi connectivity index (χ1n) is 7.12. The van der Waals surface area contributed by atoms with Gasteiger partial charge < -0.3 is 4.90 Å². The molecule has 0 bridgehead atoms. The Balaban J connectivity index is 1.99. The first-order valence-corrected chi connectivity index (χ1v) is 8.56. The maximum absolute atomic E-state index is 12.5. The second-order valence-electron chi connectivity index (χ2n) is 5.47. The van der Waals surface area contributed by atoms with Crippen LogP contribution < -0.4 is 0 Å². The summed E-state index contributed by atoms with van der Waals surface area (Å²) in [6.07, 6.45) is 5.08. The zero-order valence-corrected chi connectivity index (χ0v) is 13.0. The lowest BCUT2D eigenvalue weighted by atomic mass is 10.1. The maximum Gasteiger partial charge on any atom is 0.244 e. The molecule has 1 aromatic rings. The molecule has 112 valence electrons. The van der Waals surface area contributed by atoms with Crippen LogP contribution in [0, 0.1) is 5.92 Å². The lowest BCUT2D eigenvalue weighted by Crippen LogP contribution is -2.32. The molecule has 1 aliphatic rings. The van der Waals surface area contributed by atoms with Crippen molar-refractivity contribution in [3.05, 3.63) is 24.5 Å². The van der Waals surface area contributed by atoms with Crippen LogP contribution in [-0.4, -0.2) is 55.8 Å². The summed E-state index contributed by atoms with van der Waals surface area (Å²) in [5.41, 5.74) is 0. The molecule has 2 rings (SSSR count). The van der Waals surface area contributed by atoms with Crippen LogP contribution in [0.1, 0.15) is 19.8 Å². The molecule has 0 saturated carbocycles. The van der Waals surface area contributed by atoms with Crippen molar-refractivity contribution >= 4 is 10.0 Å². The van der Waals surface area contributed by atoms with Gasteiger partial charge in [0.25, 0.3) is 0 Å². The van der Waals surface area contributed by atoms with E-state index < -0.39 is 10.0 Å². The Labute approximate surface area is 121 Å². The van der Waals surface area contributed by atoms with Gasteiger partial charge >= 0.3 is 0 Å². The van der Waals surface area contributed by atoms with Gasteiger partial charge in [0.2, 0.25) is 10.0 Å². The summed E-state index contributed by atoms with van der Waals surface area (Å²) in [5, 5.41) is 0. The highest BCUT2D eigenvalue weighted by molar-refractivity contribution is 7.89. The Bertz CT molecular complexity index is 518. The van der Waals surface area contributed by atoms with E-state index in [0.717, 1.165) is 25.9 Å². The third kappa shape index (κ3) is 3.56. The number of hydrogen-bond acceptors (Lipinski definition) is 4. The van der Waals surface area contributed by atoms with Crippen LogP contribution >= 0.6 is 0 Å². The van der Waals surface area contributed by atoms with Crippen molar-refractivity contribution in [2.24, 2.45) is 5.92 Å². The highest BCUT2D eigenvalue weighted by Crippen LogP contribution is 2.24. The molecule has 0 spiro atoms. The first kappa shape index (κ1) is 15.4. The number of rotatable bonds is 6. The van der Waals surface area contributed by atoms with Crippen LogP contribution in [0.3, 0.4) is 0 Å². The van der Waals surface area contributed by atoms with Crippen LogP contribution in [0.15, 0.2) is 29.4 Å². The quantitative estimate of drug-likeness (QED) is 0.797. The van der Waals surface area contributed by atoms with Crippen molar-refractivity contribution in [3.8, 4) is 0 Å². The Kier molecular flexibility index (Phi) is 5.12. The lowest BCUT2D eigenvalue weighted by Gasteiger charge is -2.21. The van der Waals surface area contributed by atoms with Crippen LogP contribution in [-0.2, 0) is 10.0 Å². The van der Waals surface area contributed by atoms with Gasteiger partial charge in [0.15, 0.2) is 0 Å². The summed E-state index contributed by atoms with van der Waals surface area (Å²) < 4.78 is 26.5. The largest absolute Gasteiger partial charge is 0.306 e. The predicted molar refractivity (Wildman–Crippen MR) is 78.9 cm³/mol. The standard InChI is InChI=1S/C14H23N3O2S/c1-3-8-16(2)11-13-6-9-17(12-13)20(18,19)14-5-4-7-15-10-14/h4-5,7,10,13H,3,6,8-9,11-12H2,1-2H3/t13-/m0/s1. The van der Waals surface area contributed by atoms with Crippen molar-refractivity contribution in [1.29, 1.82) is 0 Å². The summed E-state index contributed by atoms with van der Waals surface area (Å²) in [5.74, 6) is 0.429. The van der Waals surface area contributed by atoms with E-state index in [1.54, 1.807) is 22.6 Å². The van der Waals surface area contributed by atoms with Crippen molar-refractivity contribution in [1.82, 2.24) is 14.2 Å². The Morgan fingerprint density at radius 1 is 1.50 bits per heavy atom. The molecular weight excluding hydrogens is 274 g/mol. The number of nitrogens with zero attached hydrogens (tertiary/aromatic N) is 3. The molecule has 0 amide bonds. The molecule has 1 aliphatic heterocycles. The average molecular weight is 297 g/mol. The smallest absolute Gasteiger partial charge is 0.244 e. The van der Waals surface area contributed by atoms with Crippen LogP contribution in [0.2, 0.25) is 0 Å². The number of pyridine rings is 1. The maximum atomic E-state index is 12.5. The van der Waals surface area contributed by atoms with E-state index in [1.807, 2.05) is 0 Å². The minimum Gasteiger partial charge on any atom is -0.306 e. The third-order valence-electron chi connectivity index (χ3n) is 3.70. The fourth-order valence-electron chi connectivity index (χ4n) is 2.73. The number of hydrogen-bond donors (Lipinski definition) is 0. The summed E-state index contributed by atoms with van der Waals surface area (Å²) in [6.45, 7) is 5.41. The van der Waals surface area contributed by atoms with Gasteiger partial charge in [-0.1, -0.05) is 6.92 Å². The molecule has 6 heteroatoms. The van der Waals surface area contributed by atoms with Crippen molar-refractivity contribution in [2.75, 3.05) is 33.2 Å². The minimum atomic E-state index is -3.37. The van der Waals surface area contributed by atoms with Gasteiger partial charge in [-0.15, -0.1) is 0 Å². The molecule has 1 saturated heterocycles. The molecule has 1 fully saturated rings. The summed E-state index contributed by atoms with van der Waals surface area (Å²) in [6, 6.07) is 3.27. The van der Waals surface area contributed by atoms with E-state index >= 15 is 0 Å². The third-order valence-corrected chi connectivity index (χ3v) is 5.54. The molecule has 0 unspecified atom stereocenters. The van der Waals surface area contributed by atoms with Gasteiger partial charge in [-0.05, 0) is 44.5 Å². The predicted octanol–water partition coefficient (Wildman–Crippen LogP) is 1.43. The van der Waals surface area contributed by atoms with Gasteiger partial charge in [0, 0.05) is 32.0 Å². The normalized spacial score (nSPS) is 20.6. The zero-order valence-electron chi connectivity index (χ0n) is 12.2. The minimum absolute atomic E-state index is 0.294. The Morgan fingerprint density at radius 2 is 2.30 bits per heavy atom. The zero-order chi connectivity index (χ0) is 14.6. The Morgan fingerprint density at radius 3 is 2.95 bits per heavy atom. The average Bonchev–Trinajstić information content (AvgIpc) is 2.89. The highest BCUT2D eigenvalue weighted by Gasteiger charge is 2.32. The summed E-state index contributed by atoms with van der Waals surface area (Å²) in [7, 11) is -1.27. The van der Waals surface area contributed by atoms with Crippen molar-refractivity contribution in [2.45, 2.75) is 24.7 Å². The van der Waals surface area contributed by atoms with Crippen LogP contribution in [0.4, 0.5) is 0 Å². The molecule has 0 aromatic carbocycles. The van der Waals surface area contributed by atoms with Gasteiger partial charge in [0.1, 0.15) is 4.90 Å². The van der Waals surface area contributed by atoms with E-state index in [-0.39, 0.29) is 0 Å². The van der Waals surface area contributed by atoms with Crippen LogP contribution in [0.25, 0.3) is 0 Å². The molecule has 20 heavy (non-hydrogen) atoms.